The van der Waals surface area contributed by atoms with Gasteiger partial charge < -0.3 is 24.6 Å². The lowest BCUT2D eigenvalue weighted by Crippen LogP contribution is -2.70. The lowest BCUT2D eigenvalue weighted by molar-refractivity contribution is -0.163. The lowest BCUT2D eigenvalue weighted by Gasteiger charge is -2.59. The third-order valence-corrected chi connectivity index (χ3v) is 12.9. The van der Waals surface area contributed by atoms with Crippen molar-refractivity contribution in [1.29, 1.82) is 0 Å². The fourth-order valence-electron chi connectivity index (χ4n) is 10.4. The van der Waals surface area contributed by atoms with Gasteiger partial charge in [-0.1, -0.05) is 0 Å². The number of carboxylic acid groups (broad SMARTS) is 1. The molecule has 0 unspecified atom stereocenters. The van der Waals surface area contributed by atoms with Crippen molar-refractivity contribution in [2.24, 2.45) is 23.7 Å². The first kappa shape index (κ1) is 36.7. The van der Waals surface area contributed by atoms with Gasteiger partial charge in [0.1, 0.15) is 17.4 Å². The Labute approximate surface area is 316 Å². The number of nitrogens with one attached hydrogen (secondary N) is 1. The number of aliphatic carboxylic acids is 1. The Morgan fingerprint density at radius 3 is 2.25 bits per heavy atom. The summed E-state index contributed by atoms with van der Waals surface area (Å²) in [6.07, 6.45) is 2.67. The summed E-state index contributed by atoms with van der Waals surface area (Å²) in [6.45, 7) is 0.971. The van der Waals surface area contributed by atoms with Crippen molar-refractivity contribution < 1.29 is 45.8 Å². The van der Waals surface area contributed by atoms with Crippen LogP contribution in [0.3, 0.4) is 0 Å². The average Bonchev–Trinajstić information content (AvgIpc) is 3.77. The molecular formula is C39H39F6N7O4. The molecule has 5 aliphatic carbocycles. The molecule has 6 aliphatic rings. The molecule has 4 aromatic rings. The second kappa shape index (κ2) is 13.3. The summed E-state index contributed by atoms with van der Waals surface area (Å²) < 4.78 is 94.3. The van der Waals surface area contributed by atoms with E-state index in [9.17, 15) is 41.0 Å². The van der Waals surface area contributed by atoms with Crippen LogP contribution in [0.2, 0.25) is 0 Å². The molecule has 2 N–H and O–H groups in total. The second-order valence-corrected chi connectivity index (χ2v) is 16.3. The number of alkyl halides is 5. The summed E-state index contributed by atoms with van der Waals surface area (Å²) in [5.41, 5.74) is -3.33. The van der Waals surface area contributed by atoms with Crippen LogP contribution in [0, 0.1) is 29.5 Å². The minimum absolute atomic E-state index is 0.124. The van der Waals surface area contributed by atoms with Crippen LogP contribution >= 0.6 is 0 Å². The van der Waals surface area contributed by atoms with Gasteiger partial charge in [0.2, 0.25) is 11.9 Å². The fourth-order valence-corrected chi connectivity index (χ4v) is 10.4. The molecule has 4 heterocycles. The molecule has 1 aromatic carbocycles. The molecule has 0 radical (unpaired) electrons. The number of rotatable bonds is 8. The molecule has 0 spiro atoms. The van der Waals surface area contributed by atoms with E-state index >= 15 is 0 Å². The summed E-state index contributed by atoms with van der Waals surface area (Å²) in [7, 11) is 0. The molecular weight excluding hydrogens is 744 g/mol. The molecule has 3 aromatic heterocycles. The maximum Gasteiger partial charge on any atom is 0.434 e. The number of carbonyl (C=O) groups excluding carboxylic acids is 1. The number of hydrogen-bond donors (Lipinski definition) is 2. The summed E-state index contributed by atoms with van der Waals surface area (Å²) in [4.78, 5) is 44.7. The number of nitrogens with zero attached hydrogens (tertiary/aromatic N) is 6. The van der Waals surface area contributed by atoms with Crippen LogP contribution in [0.5, 0.6) is 5.75 Å². The Morgan fingerprint density at radius 1 is 0.929 bits per heavy atom. The SMILES string of the molecule is O=C(NC1(C(=O)O)C2CC3CC(C2)CC1C3)c1cnc(-c2cn(C3CCC(F)(F)CC3)c3cc(O[C@H]4CCN(c5ncc(F)cn5)C4)ccc23)nc1C(F)(F)F. The standard InChI is InChI=1S/C39H39F6N7O4/c40-24-15-47-36(48-16-24)51-8-5-27(18-51)56-26-1-2-28-30(19-52(31(28)14-26)25-3-6-37(41,42)7-4-25)33-46-17-29(32(49-33)39(43,44)45)34(53)50-38(35(54)55)22-10-20-9-21(12-22)13-23(38)11-20/h1-2,14-17,19-23,25,27H,3-13,18H2,(H,50,53)(H,54,55)/t20?,21?,22?,23?,27-,38?/m0/s1. The predicted molar refractivity (Wildman–Crippen MR) is 189 cm³/mol. The van der Waals surface area contributed by atoms with Gasteiger partial charge in [-0.2, -0.15) is 13.2 Å². The molecule has 5 saturated carbocycles. The highest BCUT2D eigenvalue weighted by molar-refractivity contribution is 6.00. The topological polar surface area (TPSA) is 135 Å². The first-order valence-electron chi connectivity index (χ1n) is 19.1. The van der Waals surface area contributed by atoms with Crippen LogP contribution in [0.1, 0.15) is 86.3 Å². The van der Waals surface area contributed by atoms with Crippen LogP contribution in [-0.4, -0.2) is 72.1 Å². The number of carboxylic acids is 1. The Kier molecular flexibility index (Phi) is 8.72. The van der Waals surface area contributed by atoms with E-state index in [1.165, 1.54) is 0 Å². The Morgan fingerprint density at radius 2 is 1.61 bits per heavy atom. The number of fused-ring (bicyclic) bond motifs is 1. The van der Waals surface area contributed by atoms with Gasteiger partial charge in [-0.15, -0.1) is 0 Å². The first-order chi connectivity index (χ1) is 26.7. The molecule has 6 fully saturated rings. The molecule has 1 amide bonds. The van der Waals surface area contributed by atoms with Crippen LogP contribution in [0.25, 0.3) is 22.3 Å². The van der Waals surface area contributed by atoms with E-state index in [0.29, 0.717) is 79.6 Å². The van der Waals surface area contributed by atoms with Crippen molar-refractivity contribution in [3.63, 3.8) is 0 Å². The summed E-state index contributed by atoms with van der Waals surface area (Å²) in [6, 6.07) is 4.62. The minimum atomic E-state index is -5.10. The molecule has 56 heavy (non-hydrogen) atoms. The summed E-state index contributed by atoms with van der Waals surface area (Å²) in [5.74, 6) is -5.41. The summed E-state index contributed by atoms with van der Waals surface area (Å²) in [5, 5.41) is 13.5. The lowest BCUT2D eigenvalue weighted by atomic mass is 9.48. The molecule has 10 rings (SSSR count). The number of benzene rings is 1. The van der Waals surface area contributed by atoms with Crippen molar-refractivity contribution in [3.8, 4) is 17.1 Å². The quantitative estimate of drug-likeness (QED) is 0.175. The largest absolute Gasteiger partial charge is 0.488 e. The van der Waals surface area contributed by atoms with E-state index in [-0.39, 0.29) is 55.0 Å². The highest BCUT2D eigenvalue weighted by atomic mass is 19.4. The van der Waals surface area contributed by atoms with E-state index in [2.05, 4.69) is 25.3 Å². The van der Waals surface area contributed by atoms with Gasteiger partial charge >= 0.3 is 12.1 Å². The number of aromatic nitrogens is 5. The molecule has 1 atom stereocenters. The van der Waals surface area contributed by atoms with Crippen molar-refractivity contribution in [1.82, 2.24) is 29.8 Å². The van der Waals surface area contributed by atoms with Crippen molar-refractivity contribution >= 4 is 28.7 Å². The maximum absolute atomic E-state index is 14.8. The molecule has 17 heteroatoms. The number of carbonyl (C=O) groups is 2. The van der Waals surface area contributed by atoms with Gasteiger partial charge in [0, 0.05) is 61.3 Å². The Balaban J connectivity index is 1.04. The number of amides is 1. The van der Waals surface area contributed by atoms with E-state index in [1.807, 2.05) is 4.90 Å². The van der Waals surface area contributed by atoms with Gasteiger partial charge in [-0.05, 0) is 80.8 Å². The summed E-state index contributed by atoms with van der Waals surface area (Å²) >= 11 is 0. The zero-order valence-electron chi connectivity index (χ0n) is 30.1. The van der Waals surface area contributed by atoms with Crippen LogP contribution in [-0.2, 0) is 11.0 Å². The predicted octanol–water partition coefficient (Wildman–Crippen LogP) is 7.46. The van der Waals surface area contributed by atoms with Gasteiger partial charge in [0.05, 0.1) is 30.0 Å². The second-order valence-electron chi connectivity index (χ2n) is 16.3. The highest BCUT2D eigenvalue weighted by Gasteiger charge is 2.62. The fraction of sp³-hybridized carbons (Fsp3) is 0.538. The van der Waals surface area contributed by atoms with E-state index in [4.69, 9.17) is 4.74 Å². The number of hydrogen-bond acceptors (Lipinski definition) is 8. The van der Waals surface area contributed by atoms with Crippen molar-refractivity contribution in [3.05, 3.63) is 60.1 Å². The highest BCUT2D eigenvalue weighted by Crippen LogP contribution is 2.58. The molecule has 296 valence electrons. The molecule has 11 nitrogen and oxygen atoms in total. The van der Waals surface area contributed by atoms with Gasteiger partial charge in [-0.25, -0.2) is 37.9 Å². The monoisotopic (exact) mass is 783 g/mol. The Hall–Kier alpha value is -4.96. The molecule has 1 saturated heterocycles. The van der Waals surface area contributed by atoms with Crippen molar-refractivity contribution in [2.45, 2.75) is 94.0 Å². The van der Waals surface area contributed by atoms with Gasteiger partial charge in [-0.3, -0.25) is 4.79 Å². The smallest absolute Gasteiger partial charge is 0.434 e. The van der Waals surface area contributed by atoms with Crippen molar-refractivity contribution in [2.75, 3.05) is 18.0 Å². The van der Waals surface area contributed by atoms with E-state index in [1.54, 1.807) is 29.0 Å². The Bertz CT molecular complexity index is 2160. The van der Waals surface area contributed by atoms with Crippen LogP contribution < -0.4 is 15.0 Å². The average molecular weight is 784 g/mol. The third kappa shape index (κ3) is 6.39. The minimum Gasteiger partial charge on any atom is -0.488 e. The molecule has 1 aliphatic heterocycles. The third-order valence-electron chi connectivity index (χ3n) is 12.9. The molecule has 4 bridgehead atoms. The van der Waals surface area contributed by atoms with E-state index < -0.39 is 52.6 Å². The van der Waals surface area contributed by atoms with Crippen LogP contribution in [0.4, 0.5) is 32.3 Å². The number of halogens is 6. The van der Waals surface area contributed by atoms with Gasteiger partial charge in [0.25, 0.3) is 5.91 Å². The van der Waals surface area contributed by atoms with Crippen LogP contribution in [0.15, 0.2) is 43.0 Å². The van der Waals surface area contributed by atoms with E-state index in [0.717, 1.165) is 25.0 Å². The first-order valence-corrected chi connectivity index (χ1v) is 19.1. The zero-order chi connectivity index (χ0) is 39.1. The number of ether oxygens (including phenoxy) is 1. The van der Waals surface area contributed by atoms with Gasteiger partial charge in [0.15, 0.2) is 17.3 Å². The normalized spacial score (nSPS) is 28.5. The zero-order valence-corrected chi connectivity index (χ0v) is 30.1. The number of anilines is 1. The maximum atomic E-state index is 14.8.